The molecule has 1 aromatic carbocycles. The maximum atomic E-state index is 12.0. The molecule has 0 fully saturated rings. The van der Waals surface area contributed by atoms with E-state index in [4.69, 9.17) is 9.47 Å². The molecule has 22 heavy (non-hydrogen) atoms. The quantitative estimate of drug-likeness (QED) is 0.811. The lowest BCUT2D eigenvalue weighted by Gasteiger charge is -2.16. The Morgan fingerprint density at radius 3 is 2.59 bits per heavy atom. The van der Waals surface area contributed by atoms with E-state index in [2.05, 4.69) is 10.3 Å². The van der Waals surface area contributed by atoms with Gasteiger partial charge in [0.25, 0.3) is 5.91 Å². The van der Waals surface area contributed by atoms with Crippen molar-refractivity contribution in [3.05, 3.63) is 29.5 Å². The van der Waals surface area contributed by atoms with E-state index in [1.807, 2.05) is 39.0 Å². The van der Waals surface area contributed by atoms with Crippen LogP contribution in [0.25, 0.3) is 6.08 Å². The van der Waals surface area contributed by atoms with E-state index in [-0.39, 0.29) is 11.3 Å². The Kier molecular flexibility index (Phi) is 3.64. The van der Waals surface area contributed by atoms with Gasteiger partial charge >= 0.3 is 0 Å². The monoisotopic (exact) mass is 300 g/mol. The summed E-state index contributed by atoms with van der Waals surface area (Å²) < 4.78 is 11.3. The lowest BCUT2D eigenvalue weighted by atomic mass is 9.95. The molecule has 1 aromatic rings. The van der Waals surface area contributed by atoms with E-state index in [1.165, 1.54) is 0 Å². The first-order valence-electron chi connectivity index (χ1n) is 7.45. The summed E-state index contributed by atoms with van der Waals surface area (Å²) in [5, 5.41) is 2.82. The molecule has 2 aliphatic heterocycles. The van der Waals surface area contributed by atoms with Crippen LogP contribution < -0.4 is 14.8 Å². The molecule has 0 aromatic heterocycles. The van der Waals surface area contributed by atoms with Gasteiger partial charge in [0.2, 0.25) is 0 Å². The summed E-state index contributed by atoms with van der Waals surface area (Å²) >= 11 is 0. The maximum absolute atomic E-state index is 12.0. The van der Waals surface area contributed by atoms with Crippen LogP contribution in [-0.4, -0.2) is 25.0 Å². The molecule has 5 heteroatoms. The Balaban J connectivity index is 1.91. The van der Waals surface area contributed by atoms with E-state index in [0.29, 0.717) is 30.5 Å². The number of nitrogens with one attached hydrogen (secondary N) is 1. The standard InChI is InChI=1S/C17H20N2O3/c1-17(2,3)16-18-12(15(20)19-16)9-11-5-6-13-14(10-11)22-8-4-7-21-13/h5-6,9-10H,4,7-8H2,1-3H3,(H,18,19,20)/b12-9+. The fourth-order valence-corrected chi connectivity index (χ4v) is 2.25. The number of amidine groups is 1. The number of aliphatic imine (C=N–C) groups is 1. The first-order chi connectivity index (χ1) is 10.4. The van der Waals surface area contributed by atoms with Crippen molar-refractivity contribution in [1.82, 2.24) is 5.32 Å². The van der Waals surface area contributed by atoms with Crippen molar-refractivity contribution >= 4 is 17.8 Å². The van der Waals surface area contributed by atoms with E-state index in [9.17, 15) is 4.79 Å². The summed E-state index contributed by atoms with van der Waals surface area (Å²) in [5.41, 5.74) is 1.10. The van der Waals surface area contributed by atoms with Crippen LogP contribution in [0.15, 0.2) is 28.9 Å². The molecule has 0 bridgehead atoms. The average molecular weight is 300 g/mol. The highest BCUT2D eigenvalue weighted by Gasteiger charge is 2.28. The van der Waals surface area contributed by atoms with Gasteiger partial charge < -0.3 is 14.8 Å². The van der Waals surface area contributed by atoms with E-state index in [1.54, 1.807) is 6.08 Å². The SMILES string of the molecule is CC(C)(C)C1=N/C(=C/c2ccc3c(c2)OCCCO3)C(=O)N1. The molecule has 0 saturated heterocycles. The first-order valence-corrected chi connectivity index (χ1v) is 7.45. The Bertz CT molecular complexity index is 669. The Morgan fingerprint density at radius 2 is 1.91 bits per heavy atom. The average Bonchev–Trinajstić information content (AvgIpc) is 2.69. The molecular formula is C17H20N2O3. The van der Waals surface area contributed by atoms with Gasteiger partial charge in [0, 0.05) is 11.8 Å². The molecule has 0 spiro atoms. The molecule has 5 nitrogen and oxygen atoms in total. The number of carbonyl (C=O) groups is 1. The normalized spacial score (nSPS) is 19.7. The van der Waals surface area contributed by atoms with Gasteiger partial charge in [-0.1, -0.05) is 26.8 Å². The molecule has 2 heterocycles. The molecule has 3 rings (SSSR count). The van der Waals surface area contributed by atoms with Crippen LogP contribution in [0.1, 0.15) is 32.8 Å². The summed E-state index contributed by atoms with van der Waals surface area (Å²) in [4.78, 5) is 16.4. The highest BCUT2D eigenvalue weighted by atomic mass is 16.5. The molecule has 1 amide bonds. The Labute approximate surface area is 130 Å². The van der Waals surface area contributed by atoms with Gasteiger partial charge in [-0.3, -0.25) is 4.79 Å². The zero-order valence-corrected chi connectivity index (χ0v) is 13.1. The fraction of sp³-hybridized carbons (Fsp3) is 0.412. The van der Waals surface area contributed by atoms with Crippen LogP contribution in [0.3, 0.4) is 0 Å². The highest BCUT2D eigenvalue weighted by Crippen LogP contribution is 2.31. The number of fused-ring (bicyclic) bond motifs is 1. The summed E-state index contributed by atoms with van der Waals surface area (Å²) in [5.74, 6) is 1.98. The maximum Gasteiger partial charge on any atom is 0.275 e. The van der Waals surface area contributed by atoms with Gasteiger partial charge in [0.1, 0.15) is 11.5 Å². The molecule has 0 radical (unpaired) electrons. The largest absolute Gasteiger partial charge is 0.490 e. The molecular weight excluding hydrogens is 280 g/mol. The number of nitrogens with zero attached hydrogens (tertiary/aromatic N) is 1. The highest BCUT2D eigenvalue weighted by molar-refractivity contribution is 6.15. The van der Waals surface area contributed by atoms with Gasteiger partial charge in [-0.15, -0.1) is 0 Å². The van der Waals surface area contributed by atoms with E-state index < -0.39 is 0 Å². The van der Waals surface area contributed by atoms with Crippen molar-refractivity contribution in [3.8, 4) is 11.5 Å². The molecule has 0 aliphatic carbocycles. The number of benzene rings is 1. The Hall–Kier alpha value is -2.30. The van der Waals surface area contributed by atoms with Crippen molar-refractivity contribution in [2.75, 3.05) is 13.2 Å². The number of amides is 1. The first kappa shape index (κ1) is 14.6. The van der Waals surface area contributed by atoms with Gasteiger partial charge in [-0.2, -0.15) is 0 Å². The summed E-state index contributed by atoms with van der Waals surface area (Å²) in [6, 6.07) is 5.65. The van der Waals surface area contributed by atoms with E-state index in [0.717, 1.165) is 17.7 Å². The molecule has 1 N–H and O–H groups in total. The van der Waals surface area contributed by atoms with Crippen molar-refractivity contribution in [2.45, 2.75) is 27.2 Å². The van der Waals surface area contributed by atoms with Gasteiger partial charge in [0.05, 0.1) is 13.2 Å². The third-order valence-corrected chi connectivity index (χ3v) is 3.48. The van der Waals surface area contributed by atoms with Crippen LogP contribution in [0, 0.1) is 5.41 Å². The smallest absolute Gasteiger partial charge is 0.275 e. The van der Waals surface area contributed by atoms with Crippen molar-refractivity contribution in [1.29, 1.82) is 0 Å². The lowest BCUT2D eigenvalue weighted by molar-refractivity contribution is -0.115. The zero-order chi connectivity index (χ0) is 15.7. The van der Waals surface area contributed by atoms with Crippen LogP contribution in [-0.2, 0) is 4.79 Å². The van der Waals surface area contributed by atoms with Crippen LogP contribution >= 0.6 is 0 Å². The van der Waals surface area contributed by atoms with Crippen molar-refractivity contribution < 1.29 is 14.3 Å². The minimum atomic E-state index is -0.185. The summed E-state index contributed by atoms with van der Waals surface area (Å²) in [6.07, 6.45) is 2.63. The topological polar surface area (TPSA) is 59.9 Å². The third-order valence-electron chi connectivity index (χ3n) is 3.48. The van der Waals surface area contributed by atoms with Gasteiger partial charge in [-0.25, -0.2) is 4.99 Å². The van der Waals surface area contributed by atoms with Crippen LogP contribution in [0.2, 0.25) is 0 Å². The number of ether oxygens (including phenoxy) is 2. The molecule has 116 valence electrons. The summed E-state index contributed by atoms with van der Waals surface area (Å²) in [7, 11) is 0. The zero-order valence-electron chi connectivity index (χ0n) is 13.1. The summed E-state index contributed by atoms with van der Waals surface area (Å²) in [6.45, 7) is 7.35. The van der Waals surface area contributed by atoms with Crippen molar-refractivity contribution in [3.63, 3.8) is 0 Å². The Morgan fingerprint density at radius 1 is 1.18 bits per heavy atom. The minimum Gasteiger partial charge on any atom is -0.490 e. The van der Waals surface area contributed by atoms with Crippen molar-refractivity contribution in [2.24, 2.45) is 10.4 Å². The minimum absolute atomic E-state index is 0.169. The molecule has 2 aliphatic rings. The predicted molar refractivity (Wildman–Crippen MR) is 85.1 cm³/mol. The second-order valence-corrected chi connectivity index (χ2v) is 6.45. The second-order valence-electron chi connectivity index (χ2n) is 6.45. The number of rotatable bonds is 1. The van der Waals surface area contributed by atoms with Crippen LogP contribution in [0.5, 0.6) is 11.5 Å². The number of carbonyl (C=O) groups excluding carboxylic acids is 1. The number of hydrogen-bond acceptors (Lipinski definition) is 4. The third kappa shape index (κ3) is 2.98. The molecule has 0 saturated carbocycles. The predicted octanol–water partition coefficient (Wildman–Crippen LogP) is 2.76. The molecule has 0 unspecified atom stereocenters. The van der Waals surface area contributed by atoms with Crippen LogP contribution in [0.4, 0.5) is 0 Å². The second kappa shape index (κ2) is 5.48. The van der Waals surface area contributed by atoms with Gasteiger partial charge in [-0.05, 0) is 23.8 Å². The lowest BCUT2D eigenvalue weighted by Crippen LogP contribution is -2.34. The van der Waals surface area contributed by atoms with Gasteiger partial charge in [0.15, 0.2) is 11.5 Å². The fourth-order valence-electron chi connectivity index (χ4n) is 2.25. The number of hydrogen-bond donors (Lipinski definition) is 1. The van der Waals surface area contributed by atoms with E-state index >= 15 is 0 Å². The molecule has 0 atom stereocenters.